The van der Waals surface area contributed by atoms with Crippen LogP contribution in [0.1, 0.15) is 18.9 Å². The highest BCUT2D eigenvalue weighted by atomic mass is 32.1. The van der Waals surface area contributed by atoms with Gasteiger partial charge in [0.1, 0.15) is 0 Å². The predicted octanol–water partition coefficient (Wildman–Crippen LogP) is 1.53. The van der Waals surface area contributed by atoms with Gasteiger partial charge in [-0.25, -0.2) is 0 Å². The van der Waals surface area contributed by atoms with Gasteiger partial charge in [0.15, 0.2) is 0 Å². The molecular formula is C10H15NOS. The summed E-state index contributed by atoms with van der Waals surface area (Å²) in [5.74, 6) is 0. The van der Waals surface area contributed by atoms with Gasteiger partial charge in [0.05, 0.1) is 0 Å². The molecule has 0 saturated heterocycles. The molecule has 1 rings (SSSR count). The molecule has 0 aliphatic carbocycles. The number of nitrogens with two attached hydrogens (primary N) is 1. The molecule has 0 amide bonds. The van der Waals surface area contributed by atoms with Crippen LogP contribution in [0.15, 0.2) is 29.2 Å². The molecule has 0 heterocycles. The van der Waals surface area contributed by atoms with Gasteiger partial charge in [0, 0.05) is 17.0 Å². The van der Waals surface area contributed by atoms with Crippen molar-refractivity contribution in [1.29, 1.82) is 0 Å². The SMILES string of the molecule is C[C@](N)(CCO)c1ccc(S)cc1. The Morgan fingerprint density at radius 3 is 2.38 bits per heavy atom. The van der Waals surface area contributed by atoms with Crippen molar-refractivity contribution in [2.45, 2.75) is 23.8 Å². The van der Waals surface area contributed by atoms with Crippen molar-refractivity contribution in [3.05, 3.63) is 29.8 Å². The molecule has 0 aliphatic rings. The Labute approximate surface area is 84.2 Å². The first kappa shape index (κ1) is 10.6. The fraction of sp³-hybridized carbons (Fsp3) is 0.400. The Hall–Kier alpha value is -0.510. The molecule has 0 fully saturated rings. The number of aliphatic hydroxyl groups excluding tert-OH is 1. The van der Waals surface area contributed by atoms with Crippen LogP contribution < -0.4 is 5.73 Å². The van der Waals surface area contributed by atoms with Gasteiger partial charge < -0.3 is 10.8 Å². The molecule has 13 heavy (non-hydrogen) atoms. The van der Waals surface area contributed by atoms with E-state index in [-0.39, 0.29) is 6.61 Å². The summed E-state index contributed by atoms with van der Waals surface area (Å²) in [6.45, 7) is 2.02. The monoisotopic (exact) mass is 197 g/mol. The summed E-state index contributed by atoms with van der Waals surface area (Å²) in [6, 6.07) is 7.69. The maximum absolute atomic E-state index is 8.82. The zero-order chi connectivity index (χ0) is 9.90. The zero-order valence-electron chi connectivity index (χ0n) is 7.70. The molecule has 1 aromatic rings. The molecule has 0 unspecified atom stereocenters. The molecule has 2 nitrogen and oxygen atoms in total. The van der Waals surface area contributed by atoms with E-state index in [1.807, 2.05) is 31.2 Å². The van der Waals surface area contributed by atoms with Crippen molar-refractivity contribution in [2.24, 2.45) is 5.73 Å². The summed E-state index contributed by atoms with van der Waals surface area (Å²) in [6.07, 6.45) is 0.568. The van der Waals surface area contributed by atoms with Crippen LogP contribution in [0.2, 0.25) is 0 Å². The van der Waals surface area contributed by atoms with Gasteiger partial charge in [-0.05, 0) is 31.0 Å². The van der Waals surface area contributed by atoms with Crippen molar-refractivity contribution in [3.63, 3.8) is 0 Å². The third-order valence-electron chi connectivity index (χ3n) is 2.16. The summed E-state index contributed by atoms with van der Waals surface area (Å²) in [7, 11) is 0. The lowest BCUT2D eigenvalue weighted by atomic mass is 9.90. The van der Waals surface area contributed by atoms with Crippen molar-refractivity contribution in [3.8, 4) is 0 Å². The summed E-state index contributed by atoms with van der Waals surface area (Å²) in [5.41, 5.74) is 6.59. The molecule has 1 aromatic carbocycles. The van der Waals surface area contributed by atoms with Gasteiger partial charge in [0.2, 0.25) is 0 Å². The van der Waals surface area contributed by atoms with Crippen molar-refractivity contribution < 1.29 is 5.11 Å². The fourth-order valence-electron chi connectivity index (χ4n) is 1.22. The summed E-state index contributed by atoms with van der Waals surface area (Å²) in [5, 5.41) is 8.82. The van der Waals surface area contributed by atoms with E-state index in [0.29, 0.717) is 6.42 Å². The number of rotatable bonds is 3. The third-order valence-corrected chi connectivity index (χ3v) is 2.46. The van der Waals surface area contributed by atoms with Gasteiger partial charge in [-0.15, -0.1) is 12.6 Å². The average Bonchev–Trinajstić information content (AvgIpc) is 2.05. The van der Waals surface area contributed by atoms with Crippen LogP contribution in [0.25, 0.3) is 0 Å². The van der Waals surface area contributed by atoms with E-state index < -0.39 is 5.54 Å². The number of hydrogen-bond donors (Lipinski definition) is 3. The highest BCUT2D eigenvalue weighted by Crippen LogP contribution is 2.22. The minimum atomic E-state index is -0.448. The smallest absolute Gasteiger partial charge is 0.0451 e. The Kier molecular flexibility index (Phi) is 3.36. The number of aliphatic hydroxyl groups is 1. The van der Waals surface area contributed by atoms with Gasteiger partial charge >= 0.3 is 0 Å². The van der Waals surface area contributed by atoms with Gasteiger partial charge in [0.25, 0.3) is 0 Å². The van der Waals surface area contributed by atoms with Crippen LogP contribution in [0, 0.1) is 0 Å². The number of hydrogen-bond acceptors (Lipinski definition) is 3. The van der Waals surface area contributed by atoms with Crippen LogP contribution in [-0.4, -0.2) is 11.7 Å². The van der Waals surface area contributed by atoms with E-state index in [1.165, 1.54) is 0 Å². The summed E-state index contributed by atoms with van der Waals surface area (Å²) >= 11 is 4.19. The van der Waals surface area contributed by atoms with Crippen molar-refractivity contribution in [2.75, 3.05) is 6.61 Å². The molecular weight excluding hydrogens is 182 g/mol. The lowest BCUT2D eigenvalue weighted by molar-refractivity contribution is 0.247. The van der Waals surface area contributed by atoms with Crippen LogP contribution in [-0.2, 0) is 5.54 Å². The maximum Gasteiger partial charge on any atom is 0.0451 e. The Bertz CT molecular complexity index is 269. The first-order valence-corrected chi connectivity index (χ1v) is 4.70. The molecule has 1 atom stereocenters. The Morgan fingerprint density at radius 1 is 1.38 bits per heavy atom. The number of benzene rings is 1. The largest absolute Gasteiger partial charge is 0.396 e. The molecule has 0 radical (unpaired) electrons. The van der Waals surface area contributed by atoms with Gasteiger partial charge in [-0.3, -0.25) is 0 Å². The standard InChI is InChI=1S/C10H15NOS/c1-10(11,6-7-12)8-2-4-9(13)5-3-8/h2-5,12-13H,6-7,11H2,1H3/t10-/m0/s1. The highest BCUT2D eigenvalue weighted by molar-refractivity contribution is 7.80. The highest BCUT2D eigenvalue weighted by Gasteiger charge is 2.19. The fourth-order valence-corrected chi connectivity index (χ4v) is 1.37. The first-order valence-electron chi connectivity index (χ1n) is 4.25. The molecule has 0 spiro atoms. The van der Waals surface area contributed by atoms with E-state index in [2.05, 4.69) is 12.6 Å². The Morgan fingerprint density at radius 2 is 1.92 bits per heavy atom. The zero-order valence-corrected chi connectivity index (χ0v) is 8.59. The van der Waals surface area contributed by atoms with E-state index in [1.54, 1.807) is 0 Å². The van der Waals surface area contributed by atoms with E-state index >= 15 is 0 Å². The van der Waals surface area contributed by atoms with E-state index in [0.717, 1.165) is 10.5 Å². The average molecular weight is 197 g/mol. The van der Waals surface area contributed by atoms with E-state index in [4.69, 9.17) is 10.8 Å². The quantitative estimate of drug-likeness (QED) is 0.644. The third kappa shape index (κ3) is 2.72. The predicted molar refractivity (Wildman–Crippen MR) is 56.9 cm³/mol. The molecule has 72 valence electrons. The molecule has 0 aromatic heterocycles. The lowest BCUT2D eigenvalue weighted by Crippen LogP contribution is -2.33. The van der Waals surface area contributed by atoms with Crippen LogP contribution in [0.4, 0.5) is 0 Å². The van der Waals surface area contributed by atoms with Crippen LogP contribution in [0.5, 0.6) is 0 Å². The second-order valence-corrected chi connectivity index (χ2v) is 3.95. The first-order chi connectivity index (χ1) is 6.06. The molecule has 3 heteroatoms. The summed E-state index contributed by atoms with van der Waals surface area (Å²) in [4.78, 5) is 0.920. The number of thiol groups is 1. The van der Waals surface area contributed by atoms with Gasteiger partial charge in [-0.2, -0.15) is 0 Å². The van der Waals surface area contributed by atoms with Crippen LogP contribution in [0.3, 0.4) is 0 Å². The molecule has 0 aliphatic heterocycles. The minimum Gasteiger partial charge on any atom is -0.396 e. The second-order valence-electron chi connectivity index (χ2n) is 3.44. The van der Waals surface area contributed by atoms with Crippen LogP contribution >= 0.6 is 12.6 Å². The van der Waals surface area contributed by atoms with Crippen molar-refractivity contribution >= 4 is 12.6 Å². The van der Waals surface area contributed by atoms with E-state index in [9.17, 15) is 0 Å². The molecule has 3 N–H and O–H groups in total. The topological polar surface area (TPSA) is 46.2 Å². The summed E-state index contributed by atoms with van der Waals surface area (Å²) < 4.78 is 0. The molecule has 0 bridgehead atoms. The normalized spacial score (nSPS) is 15.4. The minimum absolute atomic E-state index is 0.107. The molecule has 0 saturated carbocycles. The van der Waals surface area contributed by atoms with Crippen molar-refractivity contribution in [1.82, 2.24) is 0 Å². The lowest BCUT2D eigenvalue weighted by Gasteiger charge is -2.24. The second kappa shape index (κ2) is 4.13. The Balaban J connectivity index is 2.87. The maximum atomic E-state index is 8.82. The van der Waals surface area contributed by atoms with Gasteiger partial charge in [-0.1, -0.05) is 12.1 Å².